The van der Waals surface area contributed by atoms with Crippen molar-refractivity contribution in [1.82, 2.24) is 5.32 Å². The van der Waals surface area contributed by atoms with Crippen LogP contribution in [0.3, 0.4) is 0 Å². The fourth-order valence-electron chi connectivity index (χ4n) is 3.07. The van der Waals surface area contributed by atoms with E-state index in [9.17, 15) is 0 Å². The molecule has 106 valence electrons. The molecule has 1 fully saturated rings. The molecule has 1 N–H and O–H groups in total. The van der Waals surface area contributed by atoms with E-state index in [1.54, 1.807) is 7.11 Å². The molecule has 0 aromatic heterocycles. The lowest BCUT2D eigenvalue weighted by molar-refractivity contribution is 0.185. The highest BCUT2D eigenvalue weighted by atomic mass is 16.5. The molecule has 1 aromatic carbocycles. The highest BCUT2D eigenvalue weighted by Crippen LogP contribution is 2.52. The maximum Gasteiger partial charge on any atom is 0.0462 e. The Kier molecular flexibility index (Phi) is 5.41. The first-order valence-electron chi connectivity index (χ1n) is 7.61. The smallest absolute Gasteiger partial charge is 0.0462 e. The molecule has 0 spiro atoms. The van der Waals surface area contributed by atoms with Crippen molar-refractivity contribution in [3.63, 3.8) is 0 Å². The van der Waals surface area contributed by atoms with Gasteiger partial charge in [0.1, 0.15) is 0 Å². The summed E-state index contributed by atoms with van der Waals surface area (Å²) in [6.07, 6.45) is 6.21. The summed E-state index contributed by atoms with van der Waals surface area (Å²) in [6, 6.07) is 11.6. The Labute approximate surface area is 117 Å². The molecule has 2 rings (SSSR count). The Bertz CT molecular complexity index is 359. The number of hydrogen-bond acceptors (Lipinski definition) is 2. The van der Waals surface area contributed by atoms with Gasteiger partial charge in [-0.25, -0.2) is 0 Å². The molecule has 1 aliphatic rings. The molecule has 2 nitrogen and oxygen atoms in total. The van der Waals surface area contributed by atoms with Crippen molar-refractivity contribution in [2.45, 2.75) is 50.5 Å². The zero-order chi connectivity index (χ0) is 13.6. The first kappa shape index (κ1) is 14.5. The fourth-order valence-corrected chi connectivity index (χ4v) is 3.07. The largest absolute Gasteiger partial charge is 0.385 e. The van der Waals surface area contributed by atoms with Gasteiger partial charge in [-0.2, -0.15) is 0 Å². The van der Waals surface area contributed by atoms with Crippen LogP contribution >= 0.6 is 0 Å². The minimum absolute atomic E-state index is 0.393. The summed E-state index contributed by atoms with van der Waals surface area (Å²) in [4.78, 5) is 0. The van der Waals surface area contributed by atoms with Gasteiger partial charge >= 0.3 is 0 Å². The van der Waals surface area contributed by atoms with Crippen LogP contribution in [0.1, 0.15) is 44.6 Å². The first-order valence-corrected chi connectivity index (χ1v) is 7.61. The Morgan fingerprint density at radius 3 is 2.58 bits per heavy atom. The summed E-state index contributed by atoms with van der Waals surface area (Å²) >= 11 is 0. The molecule has 2 heteroatoms. The number of ether oxygens (including phenoxy) is 1. The van der Waals surface area contributed by atoms with Crippen LogP contribution in [0.2, 0.25) is 0 Å². The molecule has 1 atom stereocenters. The average Bonchev–Trinajstić information content (AvgIpc) is 3.25. The molecular formula is C17H27NO. The first-order chi connectivity index (χ1) is 9.33. The monoisotopic (exact) mass is 261 g/mol. The lowest BCUT2D eigenvalue weighted by atomic mass is 9.85. The number of rotatable bonds is 9. The van der Waals surface area contributed by atoms with Gasteiger partial charge in [0.15, 0.2) is 0 Å². The van der Waals surface area contributed by atoms with Crippen LogP contribution < -0.4 is 5.32 Å². The van der Waals surface area contributed by atoms with Gasteiger partial charge in [-0.15, -0.1) is 0 Å². The van der Waals surface area contributed by atoms with Crippen molar-refractivity contribution in [2.75, 3.05) is 20.3 Å². The van der Waals surface area contributed by atoms with Gasteiger partial charge in [0.05, 0.1) is 0 Å². The SMILES string of the molecule is CCCNC(CCCOC)C1(c2ccccc2)CC1. The highest BCUT2D eigenvalue weighted by Gasteiger charge is 2.49. The standard InChI is InChI=1S/C17H27NO/c1-3-13-18-16(10-7-14-19-2)17(11-12-17)15-8-5-4-6-9-15/h4-6,8-9,16,18H,3,7,10-14H2,1-2H3. The molecule has 1 saturated carbocycles. The molecule has 1 unspecified atom stereocenters. The Morgan fingerprint density at radius 2 is 2.00 bits per heavy atom. The maximum atomic E-state index is 5.21. The van der Waals surface area contributed by atoms with Gasteiger partial charge in [0.25, 0.3) is 0 Å². The zero-order valence-electron chi connectivity index (χ0n) is 12.3. The Hall–Kier alpha value is -0.860. The minimum atomic E-state index is 0.393. The Morgan fingerprint density at radius 1 is 1.26 bits per heavy atom. The number of nitrogens with one attached hydrogen (secondary N) is 1. The normalized spacial score (nSPS) is 18.2. The van der Waals surface area contributed by atoms with E-state index >= 15 is 0 Å². The van der Waals surface area contributed by atoms with E-state index in [-0.39, 0.29) is 0 Å². The average molecular weight is 261 g/mol. The lowest BCUT2D eigenvalue weighted by Crippen LogP contribution is -2.40. The molecule has 0 saturated heterocycles. The van der Waals surface area contributed by atoms with E-state index in [2.05, 4.69) is 42.6 Å². The lowest BCUT2D eigenvalue weighted by Gasteiger charge is -2.29. The quantitative estimate of drug-likeness (QED) is 0.687. The van der Waals surface area contributed by atoms with Gasteiger partial charge in [-0.1, -0.05) is 37.3 Å². The van der Waals surface area contributed by atoms with Crippen molar-refractivity contribution >= 4 is 0 Å². The summed E-state index contributed by atoms with van der Waals surface area (Å²) in [5, 5.41) is 3.77. The number of methoxy groups -OCH3 is 1. The van der Waals surface area contributed by atoms with Gasteiger partial charge in [-0.05, 0) is 44.2 Å². The van der Waals surface area contributed by atoms with E-state index in [0.717, 1.165) is 19.6 Å². The van der Waals surface area contributed by atoms with Crippen molar-refractivity contribution in [3.05, 3.63) is 35.9 Å². The van der Waals surface area contributed by atoms with Crippen LogP contribution in [0.5, 0.6) is 0 Å². The zero-order valence-corrected chi connectivity index (χ0v) is 12.3. The summed E-state index contributed by atoms with van der Waals surface area (Å²) < 4.78 is 5.21. The van der Waals surface area contributed by atoms with E-state index in [1.807, 2.05) is 0 Å². The second kappa shape index (κ2) is 7.06. The summed E-state index contributed by atoms with van der Waals surface area (Å²) in [5.74, 6) is 0. The summed E-state index contributed by atoms with van der Waals surface area (Å²) in [7, 11) is 1.79. The summed E-state index contributed by atoms with van der Waals surface area (Å²) in [6.45, 7) is 4.22. The van der Waals surface area contributed by atoms with Crippen molar-refractivity contribution < 1.29 is 4.74 Å². The maximum absolute atomic E-state index is 5.21. The predicted molar refractivity (Wildman–Crippen MR) is 80.5 cm³/mol. The Balaban J connectivity index is 2.04. The molecule has 0 aliphatic heterocycles. The molecule has 0 bridgehead atoms. The van der Waals surface area contributed by atoms with E-state index in [1.165, 1.54) is 31.2 Å². The predicted octanol–water partition coefficient (Wildman–Crippen LogP) is 3.51. The van der Waals surface area contributed by atoms with Crippen molar-refractivity contribution in [3.8, 4) is 0 Å². The van der Waals surface area contributed by atoms with E-state index < -0.39 is 0 Å². The van der Waals surface area contributed by atoms with Crippen LogP contribution in [-0.4, -0.2) is 26.3 Å². The molecule has 1 aliphatic carbocycles. The van der Waals surface area contributed by atoms with E-state index in [0.29, 0.717) is 11.5 Å². The highest BCUT2D eigenvalue weighted by molar-refractivity contribution is 5.33. The van der Waals surface area contributed by atoms with Crippen LogP contribution in [-0.2, 0) is 10.2 Å². The molecule has 19 heavy (non-hydrogen) atoms. The second-order valence-electron chi connectivity index (χ2n) is 5.66. The molecule has 0 heterocycles. The van der Waals surface area contributed by atoms with Crippen molar-refractivity contribution in [2.24, 2.45) is 0 Å². The summed E-state index contributed by atoms with van der Waals surface area (Å²) in [5.41, 5.74) is 1.91. The van der Waals surface area contributed by atoms with Crippen LogP contribution in [0, 0.1) is 0 Å². The second-order valence-corrected chi connectivity index (χ2v) is 5.66. The number of hydrogen-bond donors (Lipinski definition) is 1. The van der Waals surface area contributed by atoms with Crippen LogP contribution in [0.4, 0.5) is 0 Å². The molecule has 0 amide bonds. The topological polar surface area (TPSA) is 21.3 Å². The third-order valence-electron chi connectivity index (χ3n) is 4.29. The van der Waals surface area contributed by atoms with Crippen LogP contribution in [0.15, 0.2) is 30.3 Å². The van der Waals surface area contributed by atoms with Gasteiger partial charge < -0.3 is 10.1 Å². The minimum Gasteiger partial charge on any atom is -0.385 e. The van der Waals surface area contributed by atoms with Crippen molar-refractivity contribution in [1.29, 1.82) is 0 Å². The van der Waals surface area contributed by atoms with Crippen LogP contribution in [0.25, 0.3) is 0 Å². The fraction of sp³-hybridized carbons (Fsp3) is 0.647. The number of benzene rings is 1. The third-order valence-corrected chi connectivity index (χ3v) is 4.29. The van der Waals surface area contributed by atoms with Gasteiger partial charge in [0.2, 0.25) is 0 Å². The van der Waals surface area contributed by atoms with E-state index in [4.69, 9.17) is 4.74 Å². The van der Waals surface area contributed by atoms with Gasteiger partial charge in [0, 0.05) is 25.2 Å². The van der Waals surface area contributed by atoms with Gasteiger partial charge in [-0.3, -0.25) is 0 Å². The molecular weight excluding hydrogens is 234 g/mol. The third kappa shape index (κ3) is 3.58. The molecule has 1 aromatic rings. The molecule has 0 radical (unpaired) electrons.